The molecule has 0 aliphatic carbocycles. The molecule has 3 saturated heterocycles. The molecule has 4 atom stereocenters. The van der Waals surface area contributed by atoms with Gasteiger partial charge in [0.2, 0.25) is 11.8 Å². The van der Waals surface area contributed by atoms with E-state index in [1.807, 2.05) is 27.7 Å². The highest BCUT2D eigenvalue weighted by molar-refractivity contribution is 8.01. The third-order valence-corrected chi connectivity index (χ3v) is 7.29. The molecule has 1 aromatic rings. The molecule has 2 amide bonds. The number of phenols is 1. The van der Waals surface area contributed by atoms with Gasteiger partial charge in [0.25, 0.3) is 0 Å². The number of thioether (sulfide) groups is 1. The lowest BCUT2D eigenvalue weighted by molar-refractivity contribution is -0.170. The monoisotopic (exact) mass is 405 g/mol. The van der Waals surface area contributed by atoms with E-state index in [2.05, 4.69) is 5.32 Å². The molecule has 3 aliphatic rings. The smallest absolute Gasteiger partial charge is 0.327 e. The van der Waals surface area contributed by atoms with E-state index in [1.165, 1.54) is 28.8 Å². The van der Waals surface area contributed by atoms with Gasteiger partial charge in [-0.3, -0.25) is 14.9 Å². The summed E-state index contributed by atoms with van der Waals surface area (Å²) in [4.78, 5) is 40.9. The molecule has 0 spiro atoms. The fourth-order valence-electron chi connectivity index (χ4n) is 4.51. The number of aliphatic carboxylic acids is 1. The second-order valence-electron chi connectivity index (χ2n) is 8.48. The lowest BCUT2D eigenvalue weighted by Gasteiger charge is -2.50. The number of carboxylic acids is 1. The predicted octanol–water partition coefficient (Wildman–Crippen LogP) is 1.12. The second kappa shape index (κ2) is 5.87. The van der Waals surface area contributed by atoms with Crippen molar-refractivity contribution >= 4 is 29.5 Å². The van der Waals surface area contributed by atoms with E-state index in [9.17, 15) is 24.6 Å². The predicted molar refractivity (Wildman–Crippen MR) is 102 cm³/mol. The zero-order valence-electron chi connectivity index (χ0n) is 16.0. The summed E-state index contributed by atoms with van der Waals surface area (Å²) in [5, 5.41) is 22.0. The maximum Gasteiger partial charge on any atom is 0.327 e. The fraction of sp³-hybridized carbons (Fsp3) is 0.526. The van der Waals surface area contributed by atoms with Crippen LogP contribution >= 0.6 is 11.8 Å². The van der Waals surface area contributed by atoms with Gasteiger partial charge in [0.05, 0.1) is 5.66 Å². The van der Waals surface area contributed by atoms with Crippen LogP contribution in [0.5, 0.6) is 5.75 Å². The molecule has 0 bridgehead atoms. The van der Waals surface area contributed by atoms with Crippen LogP contribution in [0.2, 0.25) is 0 Å². The highest BCUT2D eigenvalue weighted by atomic mass is 32.2. The lowest BCUT2D eigenvalue weighted by Crippen LogP contribution is -2.73. The van der Waals surface area contributed by atoms with Crippen molar-refractivity contribution in [3.8, 4) is 5.75 Å². The molecule has 3 N–H and O–H groups in total. The maximum atomic E-state index is 13.3. The molecule has 4 rings (SSSR count). The van der Waals surface area contributed by atoms with Crippen LogP contribution < -0.4 is 5.32 Å². The first-order valence-corrected chi connectivity index (χ1v) is 9.96. The zero-order chi connectivity index (χ0) is 20.6. The quantitative estimate of drug-likeness (QED) is 0.646. The fourth-order valence-corrected chi connectivity index (χ4v) is 6.18. The number of amides is 2. The first-order valence-electron chi connectivity index (χ1n) is 9.08. The van der Waals surface area contributed by atoms with Gasteiger partial charge < -0.3 is 20.0 Å². The number of hydrogen-bond donors (Lipinski definition) is 3. The zero-order valence-corrected chi connectivity index (χ0v) is 16.9. The van der Waals surface area contributed by atoms with E-state index in [4.69, 9.17) is 0 Å². The Morgan fingerprint density at radius 2 is 1.71 bits per heavy atom. The van der Waals surface area contributed by atoms with Crippen molar-refractivity contribution in [3.63, 3.8) is 0 Å². The Morgan fingerprint density at radius 1 is 1.11 bits per heavy atom. The molecule has 0 aromatic heterocycles. The SMILES string of the molecule is CC1(C)S[C@H]2[C@@H](N3C(=O)C(c4ccc(O)cc4)NC3(C)C)C(=O)N2[C@H]1C(=O)O. The van der Waals surface area contributed by atoms with Crippen LogP contribution in [0, 0.1) is 0 Å². The first-order chi connectivity index (χ1) is 13.0. The van der Waals surface area contributed by atoms with Gasteiger partial charge in [-0.25, -0.2) is 4.79 Å². The minimum atomic E-state index is -1.03. The van der Waals surface area contributed by atoms with Gasteiger partial charge in [-0.2, -0.15) is 0 Å². The Kier molecular flexibility index (Phi) is 4.00. The van der Waals surface area contributed by atoms with Gasteiger partial charge in [-0.1, -0.05) is 12.1 Å². The van der Waals surface area contributed by atoms with Crippen molar-refractivity contribution < 1.29 is 24.6 Å². The Balaban J connectivity index is 1.64. The average molecular weight is 405 g/mol. The van der Waals surface area contributed by atoms with Gasteiger partial charge in [-0.05, 0) is 45.4 Å². The number of β-lactam (4-membered cyclic amide) rings is 1. The van der Waals surface area contributed by atoms with Gasteiger partial charge in [0.15, 0.2) is 0 Å². The Morgan fingerprint density at radius 3 is 2.29 bits per heavy atom. The number of aromatic hydroxyl groups is 1. The van der Waals surface area contributed by atoms with Crippen molar-refractivity contribution in [2.75, 3.05) is 0 Å². The number of rotatable bonds is 3. The molecular weight excluding hydrogens is 382 g/mol. The number of carbonyl (C=O) groups excluding carboxylic acids is 2. The van der Waals surface area contributed by atoms with Crippen LogP contribution in [0.1, 0.15) is 39.3 Å². The van der Waals surface area contributed by atoms with Gasteiger partial charge in [0.1, 0.15) is 29.2 Å². The van der Waals surface area contributed by atoms with E-state index in [0.717, 1.165) is 0 Å². The van der Waals surface area contributed by atoms with E-state index in [-0.39, 0.29) is 22.9 Å². The van der Waals surface area contributed by atoms with Crippen molar-refractivity contribution in [1.29, 1.82) is 0 Å². The lowest BCUT2D eigenvalue weighted by atomic mass is 9.94. The van der Waals surface area contributed by atoms with E-state index in [0.29, 0.717) is 5.56 Å². The van der Waals surface area contributed by atoms with E-state index in [1.54, 1.807) is 17.0 Å². The standard InChI is InChI=1S/C19H23N3O5S/c1-18(2)13(17(26)27)21-15(25)12(16(21)28-18)22-14(24)11(20-19(22,3)4)9-5-7-10(23)8-6-9/h5-8,11-13,16,20,23H,1-4H3,(H,26,27)/t11?,12-,13-,16-/m0/s1. The highest BCUT2D eigenvalue weighted by Gasteiger charge is 2.68. The van der Waals surface area contributed by atoms with Gasteiger partial charge in [-0.15, -0.1) is 11.8 Å². The van der Waals surface area contributed by atoms with Crippen molar-refractivity contribution in [1.82, 2.24) is 15.1 Å². The van der Waals surface area contributed by atoms with Gasteiger partial charge >= 0.3 is 5.97 Å². The van der Waals surface area contributed by atoms with E-state index >= 15 is 0 Å². The molecule has 3 fully saturated rings. The molecule has 3 heterocycles. The number of benzene rings is 1. The minimum absolute atomic E-state index is 0.111. The Hall–Kier alpha value is -2.26. The first kappa shape index (κ1) is 19.1. The molecule has 3 aliphatic heterocycles. The van der Waals surface area contributed by atoms with Crippen LogP contribution in [0.15, 0.2) is 24.3 Å². The highest BCUT2D eigenvalue weighted by Crippen LogP contribution is 2.53. The number of nitrogens with one attached hydrogen (secondary N) is 1. The summed E-state index contributed by atoms with van der Waals surface area (Å²) < 4.78 is -0.641. The normalized spacial score (nSPS) is 33.0. The number of phenolic OH excluding ortho intramolecular Hbond substituents is 1. The van der Waals surface area contributed by atoms with Crippen LogP contribution in [-0.4, -0.2) is 65.7 Å². The third kappa shape index (κ3) is 2.52. The summed E-state index contributed by atoms with van der Waals surface area (Å²) in [6.07, 6.45) is 0. The van der Waals surface area contributed by atoms with Crippen LogP contribution in [0.3, 0.4) is 0 Å². The largest absolute Gasteiger partial charge is 0.508 e. The summed E-state index contributed by atoms with van der Waals surface area (Å²) in [5.74, 6) is -1.48. The minimum Gasteiger partial charge on any atom is -0.508 e. The summed E-state index contributed by atoms with van der Waals surface area (Å²) in [5.41, 5.74) is -0.0808. The third-order valence-electron chi connectivity index (χ3n) is 5.74. The molecule has 28 heavy (non-hydrogen) atoms. The van der Waals surface area contributed by atoms with Crippen LogP contribution in [-0.2, 0) is 14.4 Å². The molecule has 1 unspecified atom stereocenters. The van der Waals surface area contributed by atoms with Crippen LogP contribution in [0.4, 0.5) is 0 Å². The second-order valence-corrected chi connectivity index (χ2v) is 10.3. The average Bonchev–Trinajstić information content (AvgIpc) is 2.98. The number of nitrogens with zero attached hydrogens (tertiary/aromatic N) is 2. The summed E-state index contributed by atoms with van der Waals surface area (Å²) >= 11 is 1.42. The van der Waals surface area contributed by atoms with Crippen molar-refractivity contribution in [2.24, 2.45) is 0 Å². The Labute approximate surface area is 166 Å². The summed E-state index contributed by atoms with van der Waals surface area (Å²) in [6, 6.07) is 4.14. The number of carbonyl (C=O) groups is 3. The summed E-state index contributed by atoms with van der Waals surface area (Å²) in [6.45, 7) is 7.29. The number of fused-ring (bicyclic) bond motifs is 1. The Bertz CT molecular complexity index is 869. The van der Waals surface area contributed by atoms with Crippen molar-refractivity contribution in [2.45, 2.75) is 61.6 Å². The molecule has 9 heteroatoms. The van der Waals surface area contributed by atoms with E-state index < -0.39 is 34.5 Å². The molecular formula is C19H23N3O5S. The summed E-state index contributed by atoms with van der Waals surface area (Å²) in [7, 11) is 0. The molecule has 150 valence electrons. The topological polar surface area (TPSA) is 110 Å². The van der Waals surface area contributed by atoms with Gasteiger partial charge in [0, 0.05) is 4.75 Å². The van der Waals surface area contributed by atoms with Crippen molar-refractivity contribution in [3.05, 3.63) is 29.8 Å². The maximum absolute atomic E-state index is 13.3. The molecule has 0 saturated carbocycles. The van der Waals surface area contributed by atoms with Crippen LogP contribution in [0.25, 0.3) is 0 Å². The molecule has 8 nitrogen and oxygen atoms in total. The number of hydrogen-bond acceptors (Lipinski definition) is 6. The molecule has 0 radical (unpaired) electrons. The molecule has 1 aromatic carbocycles. The number of carboxylic acid groups (broad SMARTS) is 1.